The molecule has 0 unspecified atom stereocenters. The minimum Gasteiger partial charge on any atom is -0.497 e. The first kappa shape index (κ1) is 15.9. The molecule has 0 saturated carbocycles. The molecule has 2 aromatic rings. The number of thiazole rings is 1. The van der Waals surface area contributed by atoms with Crippen LogP contribution in [0.5, 0.6) is 5.75 Å². The van der Waals surface area contributed by atoms with E-state index in [0.717, 1.165) is 0 Å². The second kappa shape index (κ2) is 6.99. The number of hydrogen-bond donors (Lipinski definition) is 2. The van der Waals surface area contributed by atoms with E-state index in [0.29, 0.717) is 29.3 Å². The second-order valence-electron chi connectivity index (χ2n) is 4.26. The molecule has 1 aromatic heterocycles. The lowest BCUT2D eigenvalue weighted by molar-refractivity contribution is 0.413. The molecule has 114 valence electrons. The van der Waals surface area contributed by atoms with Gasteiger partial charge >= 0.3 is 0 Å². The van der Waals surface area contributed by atoms with Crippen molar-refractivity contribution in [2.45, 2.75) is 17.9 Å². The molecule has 0 spiro atoms. The highest BCUT2D eigenvalue weighted by Gasteiger charge is 2.19. The number of sulfonamides is 1. The molecule has 1 aromatic carbocycles. The van der Waals surface area contributed by atoms with Gasteiger partial charge in [-0.2, -0.15) is 0 Å². The Kier molecular flexibility index (Phi) is 5.29. The van der Waals surface area contributed by atoms with Gasteiger partial charge in [0, 0.05) is 11.6 Å². The Labute approximate surface area is 128 Å². The van der Waals surface area contributed by atoms with Crippen LogP contribution in [0.15, 0.2) is 34.7 Å². The number of benzene rings is 1. The average molecular weight is 327 g/mol. The fraction of sp³-hybridized carbons (Fsp3) is 0.308. The maximum atomic E-state index is 12.4. The Morgan fingerprint density at radius 3 is 2.86 bits per heavy atom. The predicted molar refractivity (Wildman–Crippen MR) is 81.9 cm³/mol. The van der Waals surface area contributed by atoms with Gasteiger partial charge in [0.2, 0.25) is 10.0 Å². The van der Waals surface area contributed by atoms with Gasteiger partial charge in [0.1, 0.15) is 10.8 Å². The van der Waals surface area contributed by atoms with Crippen LogP contribution in [0.4, 0.5) is 0 Å². The number of nitrogens with zero attached hydrogens (tertiary/aromatic N) is 1. The van der Waals surface area contributed by atoms with Gasteiger partial charge in [0.15, 0.2) is 0 Å². The Bertz CT molecular complexity index is 685. The molecule has 6 nitrogen and oxygen atoms in total. The van der Waals surface area contributed by atoms with E-state index in [-0.39, 0.29) is 11.4 Å². The third kappa shape index (κ3) is 4.01. The average Bonchev–Trinajstić information content (AvgIpc) is 2.99. The van der Waals surface area contributed by atoms with Crippen molar-refractivity contribution in [1.29, 1.82) is 0 Å². The van der Waals surface area contributed by atoms with Crippen LogP contribution in [0.25, 0.3) is 0 Å². The van der Waals surface area contributed by atoms with Crippen LogP contribution in [-0.4, -0.2) is 27.1 Å². The minimum atomic E-state index is -3.61. The summed E-state index contributed by atoms with van der Waals surface area (Å²) in [5.41, 5.74) is 6.19. The summed E-state index contributed by atoms with van der Waals surface area (Å²) < 4.78 is 32.5. The van der Waals surface area contributed by atoms with Gasteiger partial charge in [-0.1, -0.05) is 0 Å². The highest BCUT2D eigenvalue weighted by Crippen LogP contribution is 2.22. The van der Waals surface area contributed by atoms with E-state index in [4.69, 9.17) is 10.5 Å². The van der Waals surface area contributed by atoms with Gasteiger partial charge < -0.3 is 10.5 Å². The maximum Gasteiger partial charge on any atom is 0.241 e. The monoisotopic (exact) mass is 327 g/mol. The minimum absolute atomic E-state index is 0.175. The van der Waals surface area contributed by atoms with Crippen LogP contribution in [-0.2, 0) is 23.0 Å². The fourth-order valence-corrected chi connectivity index (χ4v) is 3.75. The van der Waals surface area contributed by atoms with E-state index in [2.05, 4.69) is 9.71 Å². The van der Waals surface area contributed by atoms with Crippen molar-refractivity contribution < 1.29 is 13.2 Å². The molecule has 0 atom stereocenters. The fourth-order valence-electron chi connectivity index (χ4n) is 1.87. The number of ether oxygens (including phenoxy) is 1. The Morgan fingerprint density at radius 1 is 1.43 bits per heavy atom. The predicted octanol–water partition coefficient (Wildman–Crippen LogP) is 1.13. The largest absolute Gasteiger partial charge is 0.497 e. The Morgan fingerprint density at radius 2 is 2.24 bits per heavy atom. The zero-order valence-electron chi connectivity index (χ0n) is 11.6. The van der Waals surface area contributed by atoms with Gasteiger partial charge in [-0.3, -0.25) is 0 Å². The lowest BCUT2D eigenvalue weighted by atomic mass is 10.1. The third-order valence-electron chi connectivity index (χ3n) is 2.87. The number of aromatic nitrogens is 1. The first-order valence-electron chi connectivity index (χ1n) is 6.32. The second-order valence-corrected chi connectivity index (χ2v) is 6.98. The first-order valence-corrected chi connectivity index (χ1v) is 8.68. The third-order valence-corrected chi connectivity index (χ3v) is 5.15. The smallest absolute Gasteiger partial charge is 0.241 e. The summed E-state index contributed by atoms with van der Waals surface area (Å²) in [4.78, 5) is 4.28. The van der Waals surface area contributed by atoms with E-state index in [1.54, 1.807) is 23.7 Å². The van der Waals surface area contributed by atoms with Crippen molar-refractivity contribution in [3.05, 3.63) is 40.3 Å². The van der Waals surface area contributed by atoms with Gasteiger partial charge in [-0.05, 0) is 36.7 Å². The molecular formula is C13H17N3O3S2. The molecule has 0 fully saturated rings. The van der Waals surface area contributed by atoms with Gasteiger partial charge in [-0.25, -0.2) is 18.1 Å². The molecule has 0 radical (unpaired) electrons. The Balaban J connectivity index is 2.25. The zero-order chi connectivity index (χ0) is 15.3. The van der Waals surface area contributed by atoms with Crippen molar-refractivity contribution in [3.63, 3.8) is 0 Å². The first-order chi connectivity index (χ1) is 10.1. The highest BCUT2D eigenvalue weighted by atomic mass is 32.2. The van der Waals surface area contributed by atoms with E-state index in [1.165, 1.54) is 24.5 Å². The highest BCUT2D eigenvalue weighted by molar-refractivity contribution is 7.89. The van der Waals surface area contributed by atoms with Gasteiger partial charge in [0.05, 0.1) is 18.6 Å². The summed E-state index contributed by atoms with van der Waals surface area (Å²) in [5.74, 6) is 0.609. The molecule has 1 heterocycles. The molecule has 0 saturated heterocycles. The standard InChI is InChI=1S/C13H17N3O3S2/c1-19-11-2-3-12(10(8-11)4-5-14)21(17,18)16-9-13-15-6-7-20-13/h2-3,6-8,16H,4-5,9,14H2,1H3. The molecule has 21 heavy (non-hydrogen) atoms. The van der Waals surface area contributed by atoms with Crippen molar-refractivity contribution in [3.8, 4) is 5.75 Å². The SMILES string of the molecule is COc1ccc(S(=O)(=O)NCc2nccs2)c(CCN)c1. The lowest BCUT2D eigenvalue weighted by Gasteiger charge is -2.12. The summed E-state index contributed by atoms with van der Waals surface area (Å²) in [6, 6.07) is 4.86. The molecule has 0 aliphatic heterocycles. The summed E-state index contributed by atoms with van der Waals surface area (Å²) in [7, 11) is -2.07. The molecular weight excluding hydrogens is 310 g/mol. The van der Waals surface area contributed by atoms with Crippen LogP contribution in [0.1, 0.15) is 10.6 Å². The number of nitrogens with two attached hydrogens (primary N) is 1. The summed E-state index contributed by atoms with van der Waals surface area (Å²) >= 11 is 1.40. The number of rotatable bonds is 7. The van der Waals surface area contributed by atoms with Crippen LogP contribution < -0.4 is 15.2 Å². The van der Waals surface area contributed by atoms with Crippen LogP contribution in [0.2, 0.25) is 0 Å². The Hall–Kier alpha value is -1.48. The molecule has 0 aliphatic carbocycles. The van der Waals surface area contributed by atoms with Crippen molar-refractivity contribution in [2.24, 2.45) is 5.73 Å². The molecule has 3 N–H and O–H groups in total. The zero-order valence-corrected chi connectivity index (χ0v) is 13.2. The topological polar surface area (TPSA) is 94.3 Å². The number of methoxy groups -OCH3 is 1. The molecule has 2 rings (SSSR count). The van der Waals surface area contributed by atoms with E-state index in [1.807, 2.05) is 0 Å². The quantitative estimate of drug-likeness (QED) is 0.795. The van der Waals surface area contributed by atoms with Gasteiger partial charge in [-0.15, -0.1) is 11.3 Å². The molecule has 8 heteroatoms. The lowest BCUT2D eigenvalue weighted by Crippen LogP contribution is -2.24. The van der Waals surface area contributed by atoms with Crippen molar-refractivity contribution in [1.82, 2.24) is 9.71 Å². The molecule has 0 aliphatic rings. The van der Waals surface area contributed by atoms with E-state index >= 15 is 0 Å². The van der Waals surface area contributed by atoms with Crippen LogP contribution in [0, 0.1) is 0 Å². The van der Waals surface area contributed by atoms with E-state index < -0.39 is 10.0 Å². The molecule has 0 amide bonds. The van der Waals surface area contributed by atoms with Crippen LogP contribution in [0.3, 0.4) is 0 Å². The van der Waals surface area contributed by atoms with Crippen molar-refractivity contribution >= 4 is 21.4 Å². The van der Waals surface area contributed by atoms with Gasteiger partial charge in [0.25, 0.3) is 0 Å². The maximum absolute atomic E-state index is 12.4. The number of nitrogens with one attached hydrogen (secondary N) is 1. The molecule has 0 bridgehead atoms. The van der Waals surface area contributed by atoms with Crippen LogP contribution >= 0.6 is 11.3 Å². The normalized spacial score (nSPS) is 11.5. The summed E-state index contributed by atoms with van der Waals surface area (Å²) in [5, 5.41) is 2.52. The van der Waals surface area contributed by atoms with E-state index in [9.17, 15) is 8.42 Å². The summed E-state index contributed by atoms with van der Waals surface area (Å²) in [6.45, 7) is 0.538. The number of hydrogen-bond acceptors (Lipinski definition) is 6. The summed E-state index contributed by atoms with van der Waals surface area (Å²) in [6.07, 6.45) is 2.10. The van der Waals surface area contributed by atoms with Crippen molar-refractivity contribution in [2.75, 3.05) is 13.7 Å².